The number of hydrogen-bond donors (Lipinski definition) is 6. The van der Waals surface area contributed by atoms with Crippen molar-refractivity contribution in [3.63, 3.8) is 0 Å². The van der Waals surface area contributed by atoms with Crippen LogP contribution in [0.15, 0.2) is 26.2 Å². The minimum atomic E-state index is -5.08. The predicted molar refractivity (Wildman–Crippen MR) is 151 cm³/mol. The minimum Gasteiger partial charge on any atom is -0.491 e. The van der Waals surface area contributed by atoms with Crippen molar-refractivity contribution in [2.45, 2.75) is 57.8 Å². The van der Waals surface area contributed by atoms with Gasteiger partial charge < -0.3 is 36.5 Å². The molecule has 44 heavy (non-hydrogen) atoms. The Hall–Kier alpha value is -3.13. The van der Waals surface area contributed by atoms with E-state index in [9.17, 15) is 41.1 Å². The van der Waals surface area contributed by atoms with Crippen molar-refractivity contribution in [3.05, 3.63) is 26.6 Å². The summed E-state index contributed by atoms with van der Waals surface area (Å²) in [4.78, 5) is 40.9. The summed E-state index contributed by atoms with van der Waals surface area (Å²) >= 11 is 6.94. The second-order valence-electron chi connectivity index (χ2n) is 8.36. The lowest BCUT2D eigenvalue weighted by atomic mass is 10.1. The van der Waals surface area contributed by atoms with Crippen molar-refractivity contribution in [1.82, 2.24) is 10.6 Å². The van der Waals surface area contributed by atoms with E-state index >= 15 is 0 Å². The van der Waals surface area contributed by atoms with Crippen LogP contribution in [0, 0.1) is 0 Å². The zero-order valence-corrected chi connectivity index (χ0v) is 26.3. The van der Waals surface area contributed by atoms with Gasteiger partial charge in [-0.3, -0.25) is 9.59 Å². The zero-order chi connectivity index (χ0) is 34.5. The molecule has 0 bridgehead atoms. The van der Waals surface area contributed by atoms with E-state index in [4.69, 9.17) is 30.3 Å². The SMILES string of the molecule is CC(=O)NCCCCCCNC(=O)/C(Cc1cc(Br)c(OCCCN)c(Br)c1)=N/O.O=C(O)C(F)(F)F.O=C(O)C(F)(F)F. The third-order valence-corrected chi connectivity index (χ3v) is 5.83. The van der Waals surface area contributed by atoms with Crippen molar-refractivity contribution >= 4 is 61.3 Å². The highest BCUT2D eigenvalue weighted by atomic mass is 79.9. The largest absolute Gasteiger partial charge is 0.491 e. The first-order valence-corrected chi connectivity index (χ1v) is 14.0. The van der Waals surface area contributed by atoms with Gasteiger partial charge in [-0.05, 0) is 75.4 Å². The van der Waals surface area contributed by atoms with Crippen molar-refractivity contribution in [3.8, 4) is 5.75 Å². The van der Waals surface area contributed by atoms with E-state index < -0.39 is 30.2 Å². The molecular formula is C24H32Br2F6N4O8. The van der Waals surface area contributed by atoms with Gasteiger partial charge in [-0.2, -0.15) is 26.3 Å². The van der Waals surface area contributed by atoms with Gasteiger partial charge in [0.2, 0.25) is 5.91 Å². The summed E-state index contributed by atoms with van der Waals surface area (Å²) in [6.07, 6.45) is -5.60. The molecule has 0 saturated carbocycles. The summed E-state index contributed by atoms with van der Waals surface area (Å²) in [5.41, 5.74) is 6.31. The Labute approximate surface area is 264 Å². The Morgan fingerprint density at radius 3 is 1.66 bits per heavy atom. The van der Waals surface area contributed by atoms with Crippen LogP contribution in [0.25, 0.3) is 0 Å². The summed E-state index contributed by atoms with van der Waals surface area (Å²) in [7, 11) is 0. The van der Waals surface area contributed by atoms with E-state index in [1.807, 2.05) is 12.1 Å². The Morgan fingerprint density at radius 2 is 1.30 bits per heavy atom. The molecule has 0 fully saturated rings. The van der Waals surface area contributed by atoms with Crippen LogP contribution in [-0.4, -0.2) is 83.5 Å². The highest BCUT2D eigenvalue weighted by Crippen LogP contribution is 2.35. The quantitative estimate of drug-likeness (QED) is 0.0521. The van der Waals surface area contributed by atoms with Gasteiger partial charge in [-0.15, -0.1) is 0 Å². The van der Waals surface area contributed by atoms with Crippen LogP contribution >= 0.6 is 31.9 Å². The van der Waals surface area contributed by atoms with E-state index in [-0.39, 0.29) is 18.0 Å². The highest BCUT2D eigenvalue weighted by molar-refractivity contribution is 9.11. The number of benzene rings is 1. The first kappa shape index (κ1) is 43.0. The summed E-state index contributed by atoms with van der Waals surface area (Å²) in [6, 6.07) is 3.66. The number of carbonyl (C=O) groups excluding carboxylic acids is 2. The number of aliphatic carboxylic acids is 2. The fourth-order valence-electron chi connectivity index (χ4n) is 2.64. The number of amides is 2. The molecule has 1 aromatic carbocycles. The number of unbranched alkanes of at least 4 members (excludes halogenated alkanes) is 3. The molecule has 20 heteroatoms. The van der Waals surface area contributed by atoms with Gasteiger partial charge in [0.05, 0.1) is 15.6 Å². The molecule has 1 aromatic rings. The maximum atomic E-state index is 12.3. The predicted octanol–water partition coefficient (Wildman–Crippen LogP) is 4.39. The minimum absolute atomic E-state index is 0.0223. The van der Waals surface area contributed by atoms with Crippen LogP contribution in [0.1, 0.15) is 44.6 Å². The molecule has 0 radical (unpaired) electrons. The van der Waals surface area contributed by atoms with Gasteiger partial charge in [0.15, 0.2) is 0 Å². The zero-order valence-electron chi connectivity index (χ0n) is 23.2. The molecule has 0 aliphatic rings. The molecule has 0 unspecified atom stereocenters. The summed E-state index contributed by atoms with van der Waals surface area (Å²) < 4.78 is 70.6. The average molecular weight is 778 g/mol. The van der Waals surface area contributed by atoms with E-state index in [0.29, 0.717) is 32.0 Å². The van der Waals surface area contributed by atoms with Crippen molar-refractivity contribution in [1.29, 1.82) is 0 Å². The molecule has 2 amide bonds. The van der Waals surface area contributed by atoms with E-state index in [0.717, 1.165) is 46.6 Å². The van der Waals surface area contributed by atoms with Crippen molar-refractivity contribution in [2.24, 2.45) is 10.9 Å². The first-order chi connectivity index (χ1) is 20.3. The van der Waals surface area contributed by atoms with Crippen LogP contribution in [0.2, 0.25) is 0 Å². The lowest BCUT2D eigenvalue weighted by Crippen LogP contribution is -2.33. The average Bonchev–Trinajstić information content (AvgIpc) is 2.89. The van der Waals surface area contributed by atoms with E-state index in [2.05, 4.69) is 47.6 Å². The van der Waals surface area contributed by atoms with E-state index in [1.54, 1.807) is 0 Å². The molecule has 0 saturated heterocycles. The fraction of sp³-hybridized carbons (Fsp3) is 0.542. The number of ether oxygens (including phenoxy) is 1. The number of oxime groups is 1. The van der Waals surface area contributed by atoms with Crippen LogP contribution in [0.4, 0.5) is 26.3 Å². The number of hydrogen-bond acceptors (Lipinski definition) is 8. The highest BCUT2D eigenvalue weighted by Gasteiger charge is 2.38. The third-order valence-electron chi connectivity index (χ3n) is 4.66. The number of halogens is 8. The molecule has 0 aliphatic carbocycles. The number of nitrogens with zero attached hydrogens (tertiary/aromatic N) is 1. The van der Waals surface area contributed by atoms with Gasteiger partial charge >= 0.3 is 24.3 Å². The van der Waals surface area contributed by atoms with E-state index in [1.165, 1.54) is 6.92 Å². The number of carboxylic acid groups (broad SMARTS) is 2. The smallest absolute Gasteiger partial charge is 0.490 e. The molecular weight excluding hydrogens is 746 g/mol. The second kappa shape index (κ2) is 22.4. The maximum absolute atomic E-state index is 12.3. The Bertz CT molecular complexity index is 1060. The molecule has 0 atom stereocenters. The lowest BCUT2D eigenvalue weighted by molar-refractivity contribution is -0.193. The molecule has 0 heterocycles. The van der Waals surface area contributed by atoms with Gasteiger partial charge in [0.1, 0.15) is 11.5 Å². The number of alkyl halides is 6. The summed E-state index contributed by atoms with van der Waals surface area (Å²) in [6.45, 7) is 3.73. The van der Waals surface area contributed by atoms with Crippen molar-refractivity contribution < 1.29 is 65.7 Å². The second-order valence-corrected chi connectivity index (χ2v) is 10.1. The summed E-state index contributed by atoms with van der Waals surface area (Å²) in [5.74, 6) is -5.27. The molecule has 0 spiro atoms. The van der Waals surface area contributed by atoms with Gasteiger partial charge in [-0.25, -0.2) is 9.59 Å². The number of nitrogens with one attached hydrogen (secondary N) is 2. The summed E-state index contributed by atoms with van der Waals surface area (Å²) in [5, 5.41) is 32.2. The van der Waals surface area contributed by atoms with Crippen LogP contribution in [0.3, 0.4) is 0 Å². The molecule has 1 rings (SSSR count). The Kier molecular flexibility index (Phi) is 21.9. The fourth-order valence-corrected chi connectivity index (χ4v) is 4.15. The normalized spacial score (nSPS) is 11.3. The third kappa shape index (κ3) is 21.5. The van der Waals surface area contributed by atoms with Crippen LogP contribution < -0.4 is 21.1 Å². The first-order valence-electron chi connectivity index (χ1n) is 12.4. The standard InChI is InChI=1S/C20H30Br2N4O4.2C2HF3O2/c1-14(27)24-8-4-2-3-5-9-25-20(28)18(26-29)13-15-11-16(21)19(17(22)12-15)30-10-6-7-23;2*3-2(4,5)1(6)7/h11-12,29H,2-10,13,23H2,1H3,(H,24,27)(H,25,28);2*(H,6,7)/b26-18+;;. The molecule has 12 nitrogen and oxygen atoms in total. The number of carbonyl (C=O) groups is 4. The number of carboxylic acids is 2. The Morgan fingerprint density at radius 1 is 0.864 bits per heavy atom. The maximum Gasteiger partial charge on any atom is 0.490 e. The molecule has 7 N–H and O–H groups in total. The molecule has 0 aliphatic heterocycles. The van der Waals surface area contributed by atoms with Crippen molar-refractivity contribution in [2.75, 3.05) is 26.2 Å². The van der Waals surface area contributed by atoms with Gasteiger partial charge in [-0.1, -0.05) is 18.0 Å². The van der Waals surface area contributed by atoms with Crippen LogP contribution in [0.5, 0.6) is 5.75 Å². The number of rotatable bonds is 14. The lowest BCUT2D eigenvalue weighted by Gasteiger charge is -2.12. The van der Waals surface area contributed by atoms with Gasteiger partial charge in [0, 0.05) is 26.4 Å². The molecule has 252 valence electrons. The molecule has 0 aromatic heterocycles. The monoisotopic (exact) mass is 776 g/mol. The van der Waals surface area contributed by atoms with Crippen LogP contribution in [-0.2, 0) is 25.6 Å². The topological polar surface area (TPSA) is 201 Å². The Balaban J connectivity index is 0. The number of nitrogens with two attached hydrogens (primary N) is 1. The van der Waals surface area contributed by atoms with Gasteiger partial charge in [0.25, 0.3) is 5.91 Å².